The van der Waals surface area contributed by atoms with Crippen molar-refractivity contribution in [3.05, 3.63) is 0 Å². The third-order valence-corrected chi connectivity index (χ3v) is 2.55. The van der Waals surface area contributed by atoms with Crippen molar-refractivity contribution in [2.45, 2.75) is 26.4 Å². The van der Waals surface area contributed by atoms with E-state index < -0.39 is 0 Å². The molecule has 0 aliphatic carbocycles. The number of nitrogens with one attached hydrogen (secondary N) is 1. The Morgan fingerprint density at radius 3 is 2.69 bits per heavy atom. The Labute approximate surface area is 81.1 Å². The highest BCUT2D eigenvalue weighted by atomic mass is 16.3. The molecule has 0 aromatic carbocycles. The Kier molecular flexibility index (Phi) is 3.71. The minimum absolute atomic E-state index is 0.0922. The van der Waals surface area contributed by atoms with Crippen LogP contribution < -0.4 is 5.32 Å². The van der Waals surface area contributed by atoms with Crippen LogP contribution in [0.4, 0.5) is 0 Å². The van der Waals surface area contributed by atoms with E-state index in [2.05, 4.69) is 24.1 Å². The third-order valence-electron chi connectivity index (χ3n) is 2.55. The average Bonchev–Trinajstić information content (AvgIpc) is 2.34. The molecule has 3 heteroatoms. The van der Waals surface area contributed by atoms with Gasteiger partial charge in [0.15, 0.2) is 0 Å². The van der Waals surface area contributed by atoms with Gasteiger partial charge >= 0.3 is 0 Å². The van der Waals surface area contributed by atoms with Crippen molar-refractivity contribution < 1.29 is 5.11 Å². The van der Waals surface area contributed by atoms with Gasteiger partial charge in [-0.2, -0.15) is 0 Å². The molecular weight excluding hydrogens is 164 g/mol. The second-order valence-electron chi connectivity index (χ2n) is 4.87. The molecule has 2 N–H and O–H groups in total. The highest BCUT2D eigenvalue weighted by Crippen LogP contribution is 2.19. The molecule has 1 atom stereocenters. The smallest absolute Gasteiger partial charge is 0.0679 e. The first kappa shape index (κ1) is 11.0. The first-order chi connectivity index (χ1) is 6.03. The van der Waals surface area contributed by atoms with Crippen LogP contribution in [0.15, 0.2) is 0 Å². The number of aliphatic hydroxyl groups is 1. The molecule has 0 aromatic rings. The molecule has 13 heavy (non-hydrogen) atoms. The molecule has 0 radical (unpaired) electrons. The maximum atomic E-state index is 9.37. The van der Waals surface area contributed by atoms with Gasteiger partial charge in [0.25, 0.3) is 0 Å². The maximum absolute atomic E-state index is 9.37. The van der Waals surface area contributed by atoms with Gasteiger partial charge in [0.2, 0.25) is 0 Å². The summed E-state index contributed by atoms with van der Waals surface area (Å²) in [5.74, 6) is 0. The van der Waals surface area contributed by atoms with Crippen LogP contribution in [-0.4, -0.2) is 49.3 Å². The van der Waals surface area contributed by atoms with Crippen molar-refractivity contribution in [2.75, 3.05) is 33.2 Å². The summed E-state index contributed by atoms with van der Waals surface area (Å²) in [5, 5.41) is 12.6. The number of nitrogens with zero attached hydrogens (tertiary/aromatic N) is 1. The van der Waals surface area contributed by atoms with Gasteiger partial charge in [0.1, 0.15) is 0 Å². The van der Waals surface area contributed by atoms with E-state index in [0.717, 1.165) is 32.6 Å². The van der Waals surface area contributed by atoms with E-state index in [1.807, 2.05) is 7.05 Å². The molecule has 0 aromatic heterocycles. The lowest BCUT2D eigenvalue weighted by Gasteiger charge is -2.29. The van der Waals surface area contributed by atoms with E-state index in [1.165, 1.54) is 0 Å². The normalized spacial score (nSPS) is 25.4. The second kappa shape index (κ2) is 4.40. The standard InChI is InChI=1S/C10H22N2O/c1-10(2,7-11-3)8-12-5-4-9(13)6-12/h9,11,13H,4-8H2,1-3H3. The molecule has 0 saturated carbocycles. The Morgan fingerprint density at radius 2 is 2.23 bits per heavy atom. The summed E-state index contributed by atoms with van der Waals surface area (Å²) in [4.78, 5) is 2.35. The van der Waals surface area contributed by atoms with Gasteiger partial charge in [-0.25, -0.2) is 0 Å². The zero-order valence-electron chi connectivity index (χ0n) is 9.01. The predicted molar refractivity (Wildman–Crippen MR) is 54.8 cm³/mol. The summed E-state index contributed by atoms with van der Waals surface area (Å²) in [6.45, 7) is 8.52. The summed E-state index contributed by atoms with van der Waals surface area (Å²) in [5.41, 5.74) is 0.304. The highest BCUT2D eigenvalue weighted by molar-refractivity contribution is 4.81. The van der Waals surface area contributed by atoms with E-state index in [1.54, 1.807) is 0 Å². The fraction of sp³-hybridized carbons (Fsp3) is 1.00. The van der Waals surface area contributed by atoms with Crippen LogP contribution in [0.2, 0.25) is 0 Å². The van der Waals surface area contributed by atoms with E-state index in [4.69, 9.17) is 0 Å². The molecule has 1 fully saturated rings. The van der Waals surface area contributed by atoms with E-state index >= 15 is 0 Å². The van der Waals surface area contributed by atoms with E-state index in [9.17, 15) is 5.11 Å². The molecule has 78 valence electrons. The van der Waals surface area contributed by atoms with Gasteiger partial charge in [0.05, 0.1) is 6.10 Å². The molecular formula is C10H22N2O. The minimum atomic E-state index is -0.0922. The average molecular weight is 186 g/mol. The van der Waals surface area contributed by atoms with Crippen molar-refractivity contribution in [3.8, 4) is 0 Å². The summed E-state index contributed by atoms with van der Waals surface area (Å²) in [7, 11) is 1.99. The third kappa shape index (κ3) is 3.63. The topological polar surface area (TPSA) is 35.5 Å². The molecule has 0 spiro atoms. The molecule has 1 rings (SSSR count). The largest absolute Gasteiger partial charge is 0.392 e. The van der Waals surface area contributed by atoms with Gasteiger partial charge in [-0.15, -0.1) is 0 Å². The van der Waals surface area contributed by atoms with Crippen molar-refractivity contribution in [1.29, 1.82) is 0 Å². The summed E-state index contributed by atoms with van der Waals surface area (Å²) < 4.78 is 0. The minimum Gasteiger partial charge on any atom is -0.392 e. The predicted octanol–water partition coefficient (Wildman–Crippen LogP) is 0.299. The van der Waals surface area contributed by atoms with Crippen LogP contribution in [-0.2, 0) is 0 Å². The zero-order chi connectivity index (χ0) is 9.90. The van der Waals surface area contributed by atoms with Crippen LogP contribution in [0, 0.1) is 5.41 Å². The van der Waals surface area contributed by atoms with E-state index in [0.29, 0.717) is 5.41 Å². The first-order valence-electron chi connectivity index (χ1n) is 5.08. The van der Waals surface area contributed by atoms with E-state index in [-0.39, 0.29) is 6.10 Å². The second-order valence-corrected chi connectivity index (χ2v) is 4.87. The molecule has 1 unspecified atom stereocenters. The Balaban J connectivity index is 2.30. The van der Waals surface area contributed by atoms with Crippen LogP contribution in [0.5, 0.6) is 0 Å². The fourth-order valence-corrected chi connectivity index (χ4v) is 2.10. The maximum Gasteiger partial charge on any atom is 0.0679 e. The molecule has 3 nitrogen and oxygen atoms in total. The van der Waals surface area contributed by atoms with Crippen molar-refractivity contribution >= 4 is 0 Å². The molecule has 1 heterocycles. The number of likely N-dealkylation sites (tertiary alicyclic amines) is 1. The monoisotopic (exact) mass is 186 g/mol. The zero-order valence-corrected chi connectivity index (χ0v) is 9.01. The Bertz CT molecular complexity index is 159. The molecule has 0 amide bonds. The Hall–Kier alpha value is -0.120. The van der Waals surface area contributed by atoms with Crippen LogP contribution in [0.25, 0.3) is 0 Å². The summed E-state index contributed by atoms with van der Waals surface area (Å²) in [6, 6.07) is 0. The number of rotatable bonds is 4. The fourth-order valence-electron chi connectivity index (χ4n) is 2.10. The van der Waals surface area contributed by atoms with Gasteiger partial charge in [-0.05, 0) is 18.9 Å². The lowest BCUT2D eigenvalue weighted by Crippen LogP contribution is -2.39. The lowest BCUT2D eigenvalue weighted by atomic mass is 9.93. The van der Waals surface area contributed by atoms with Crippen molar-refractivity contribution in [2.24, 2.45) is 5.41 Å². The SMILES string of the molecule is CNCC(C)(C)CN1CCC(O)C1. The van der Waals surface area contributed by atoms with Gasteiger partial charge in [0, 0.05) is 26.2 Å². The van der Waals surface area contributed by atoms with Crippen LogP contribution >= 0.6 is 0 Å². The number of hydrogen-bond acceptors (Lipinski definition) is 3. The lowest BCUT2D eigenvalue weighted by molar-refractivity contribution is 0.154. The molecule has 1 aliphatic rings. The summed E-state index contributed by atoms with van der Waals surface area (Å²) >= 11 is 0. The number of hydrogen-bond donors (Lipinski definition) is 2. The summed E-state index contributed by atoms with van der Waals surface area (Å²) in [6.07, 6.45) is 0.848. The van der Waals surface area contributed by atoms with Gasteiger partial charge in [-0.1, -0.05) is 13.8 Å². The van der Waals surface area contributed by atoms with Crippen LogP contribution in [0.1, 0.15) is 20.3 Å². The number of aliphatic hydroxyl groups excluding tert-OH is 1. The van der Waals surface area contributed by atoms with Crippen molar-refractivity contribution in [3.63, 3.8) is 0 Å². The van der Waals surface area contributed by atoms with Gasteiger partial charge in [-0.3, -0.25) is 0 Å². The number of β-amino-alcohol motifs (C(OH)–C–C–N with tert-alkyl or cyclic N) is 1. The van der Waals surface area contributed by atoms with Crippen molar-refractivity contribution in [1.82, 2.24) is 10.2 Å². The molecule has 0 bridgehead atoms. The molecule has 1 saturated heterocycles. The first-order valence-corrected chi connectivity index (χ1v) is 5.08. The van der Waals surface area contributed by atoms with Gasteiger partial charge < -0.3 is 15.3 Å². The van der Waals surface area contributed by atoms with Crippen LogP contribution in [0.3, 0.4) is 0 Å². The Morgan fingerprint density at radius 1 is 1.54 bits per heavy atom. The quantitative estimate of drug-likeness (QED) is 0.663. The highest BCUT2D eigenvalue weighted by Gasteiger charge is 2.26. The molecule has 1 aliphatic heterocycles.